The molecule has 1 aromatic rings. The highest BCUT2D eigenvalue weighted by atomic mass is 35.5. The molecule has 0 unspecified atom stereocenters. The maximum absolute atomic E-state index is 12.8. The molecule has 7 heteroatoms. The van der Waals surface area contributed by atoms with Gasteiger partial charge >= 0.3 is 0 Å². The highest BCUT2D eigenvalue weighted by Gasteiger charge is 2.35. The first-order valence-corrected chi connectivity index (χ1v) is 9.91. The van der Waals surface area contributed by atoms with Crippen LogP contribution < -0.4 is 10.2 Å². The minimum Gasteiger partial charge on any atom is -0.368 e. The first kappa shape index (κ1) is 19.2. The molecule has 0 radical (unpaired) electrons. The number of halogens is 1. The molecule has 26 heavy (non-hydrogen) atoms. The minimum atomic E-state index is -0.0152. The van der Waals surface area contributed by atoms with Crippen molar-refractivity contribution in [1.82, 2.24) is 15.1 Å². The molecule has 5 nitrogen and oxygen atoms in total. The van der Waals surface area contributed by atoms with Gasteiger partial charge in [-0.15, -0.1) is 0 Å². The maximum atomic E-state index is 12.8. The smallest absolute Gasteiger partial charge is 0.242 e. The van der Waals surface area contributed by atoms with E-state index in [1.165, 1.54) is 0 Å². The summed E-state index contributed by atoms with van der Waals surface area (Å²) in [4.78, 5) is 19.0. The van der Waals surface area contributed by atoms with Gasteiger partial charge in [0.1, 0.15) is 0 Å². The third-order valence-electron chi connectivity index (χ3n) is 5.16. The van der Waals surface area contributed by atoms with Crippen LogP contribution in [-0.2, 0) is 4.79 Å². The van der Waals surface area contributed by atoms with Crippen LogP contribution in [-0.4, -0.2) is 65.1 Å². The highest BCUT2D eigenvalue weighted by Crippen LogP contribution is 2.23. The number of carbonyl (C=O) groups excluding carboxylic acids is 1. The van der Waals surface area contributed by atoms with Gasteiger partial charge in [-0.2, -0.15) is 0 Å². The van der Waals surface area contributed by atoms with Crippen LogP contribution >= 0.6 is 23.8 Å². The van der Waals surface area contributed by atoms with Crippen LogP contribution in [0.4, 0.5) is 5.69 Å². The number of carbonyl (C=O) groups is 1. The molecule has 1 N–H and O–H groups in total. The third-order valence-corrected chi connectivity index (χ3v) is 5.73. The number of benzene rings is 1. The molecular formula is C19H27ClN4OS. The van der Waals surface area contributed by atoms with E-state index in [1.807, 2.05) is 28.0 Å². The molecule has 2 saturated heterocycles. The Morgan fingerprint density at radius 3 is 2.62 bits per heavy atom. The second-order valence-corrected chi connectivity index (χ2v) is 8.67. The van der Waals surface area contributed by atoms with Crippen LogP contribution in [0.2, 0.25) is 5.02 Å². The average Bonchev–Trinajstić information content (AvgIpc) is 2.57. The molecule has 0 aliphatic carbocycles. The number of piperazine rings is 1. The second-order valence-electron chi connectivity index (χ2n) is 7.84. The van der Waals surface area contributed by atoms with Gasteiger partial charge in [-0.25, -0.2) is 0 Å². The Bertz CT molecular complexity index is 688. The Balaban J connectivity index is 1.55. The SMILES string of the molecule is C[C@@H]1CC(C)(C)NC(=S)N1CC(=O)N1CCN(c2cccc(Cl)c2)CC1. The monoisotopic (exact) mass is 394 g/mol. The molecule has 2 aliphatic rings. The molecule has 1 amide bonds. The predicted molar refractivity (Wildman–Crippen MR) is 111 cm³/mol. The van der Waals surface area contributed by atoms with Crippen LogP contribution in [0.1, 0.15) is 27.2 Å². The normalized spacial score (nSPS) is 23.0. The number of rotatable bonds is 3. The number of hydrogen-bond acceptors (Lipinski definition) is 3. The maximum Gasteiger partial charge on any atom is 0.242 e. The quantitative estimate of drug-likeness (QED) is 0.798. The summed E-state index contributed by atoms with van der Waals surface area (Å²) in [6, 6.07) is 8.13. The van der Waals surface area contributed by atoms with Crippen molar-refractivity contribution in [2.75, 3.05) is 37.6 Å². The number of amides is 1. The van der Waals surface area contributed by atoms with Gasteiger partial charge in [0.2, 0.25) is 5.91 Å². The molecule has 1 aromatic carbocycles. The summed E-state index contributed by atoms with van der Waals surface area (Å²) in [6.45, 7) is 9.85. The predicted octanol–water partition coefficient (Wildman–Crippen LogP) is 2.74. The first-order chi connectivity index (χ1) is 12.2. The Morgan fingerprint density at radius 2 is 2.00 bits per heavy atom. The lowest BCUT2D eigenvalue weighted by Gasteiger charge is -2.45. The Labute approximate surface area is 166 Å². The van der Waals surface area contributed by atoms with Gasteiger partial charge in [0.25, 0.3) is 0 Å². The topological polar surface area (TPSA) is 38.8 Å². The van der Waals surface area contributed by atoms with E-state index in [2.05, 4.69) is 37.1 Å². The van der Waals surface area contributed by atoms with Gasteiger partial charge in [0, 0.05) is 48.5 Å². The molecule has 142 valence electrons. The van der Waals surface area contributed by atoms with Gasteiger partial charge in [0.15, 0.2) is 5.11 Å². The molecular weight excluding hydrogens is 368 g/mol. The lowest BCUT2D eigenvalue weighted by molar-refractivity contribution is -0.132. The van der Waals surface area contributed by atoms with E-state index >= 15 is 0 Å². The minimum absolute atomic E-state index is 0.0152. The van der Waals surface area contributed by atoms with Gasteiger partial charge in [-0.1, -0.05) is 17.7 Å². The highest BCUT2D eigenvalue weighted by molar-refractivity contribution is 7.80. The summed E-state index contributed by atoms with van der Waals surface area (Å²) in [5.74, 6) is 0.145. The van der Waals surface area contributed by atoms with Crippen LogP contribution in [0.15, 0.2) is 24.3 Å². The number of hydrogen-bond donors (Lipinski definition) is 1. The molecule has 0 aromatic heterocycles. The fraction of sp³-hybridized carbons (Fsp3) is 0.579. The van der Waals surface area contributed by atoms with Crippen molar-refractivity contribution in [2.45, 2.75) is 38.8 Å². The average molecular weight is 395 g/mol. The van der Waals surface area contributed by atoms with E-state index in [-0.39, 0.29) is 17.5 Å². The van der Waals surface area contributed by atoms with E-state index in [9.17, 15) is 4.79 Å². The Morgan fingerprint density at radius 1 is 1.31 bits per heavy atom. The van der Waals surface area contributed by atoms with Crippen LogP contribution in [0.25, 0.3) is 0 Å². The molecule has 0 bridgehead atoms. The van der Waals surface area contributed by atoms with Crippen molar-refractivity contribution in [1.29, 1.82) is 0 Å². The van der Waals surface area contributed by atoms with E-state index in [1.54, 1.807) is 0 Å². The summed E-state index contributed by atoms with van der Waals surface area (Å²) >= 11 is 11.6. The molecule has 1 atom stereocenters. The zero-order chi connectivity index (χ0) is 18.9. The van der Waals surface area contributed by atoms with E-state index in [4.69, 9.17) is 23.8 Å². The number of thiocarbonyl (C=S) groups is 1. The molecule has 2 fully saturated rings. The van der Waals surface area contributed by atoms with E-state index in [0.29, 0.717) is 11.7 Å². The van der Waals surface area contributed by atoms with Crippen LogP contribution in [0, 0.1) is 0 Å². The zero-order valence-corrected chi connectivity index (χ0v) is 17.2. The summed E-state index contributed by atoms with van der Waals surface area (Å²) in [6.07, 6.45) is 0.961. The number of nitrogens with zero attached hydrogens (tertiary/aromatic N) is 3. The van der Waals surface area contributed by atoms with Crippen molar-refractivity contribution in [3.8, 4) is 0 Å². The lowest BCUT2D eigenvalue weighted by atomic mass is 9.93. The van der Waals surface area contributed by atoms with E-state index in [0.717, 1.165) is 43.3 Å². The molecule has 2 aliphatic heterocycles. The van der Waals surface area contributed by atoms with Gasteiger partial charge in [-0.05, 0) is 57.6 Å². The van der Waals surface area contributed by atoms with Crippen molar-refractivity contribution < 1.29 is 4.79 Å². The third kappa shape index (κ3) is 4.41. The standard InChI is InChI=1S/C19H27ClN4OS/c1-14-12-19(2,3)21-18(26)24(14)13-17(25)23-9-7-22(8-10-23)16-6-4-5-15(20)11-16/h4-6,11,14H,7-10,12-13H2,1-3H3,(H,21,26)/t14-/m1/s1. The summed E-state index contributed by atoms with van der Waals surface area (Å²) in [7, 11) is 0. The molecule has 3 rings (SSSR count). The molecule has 0 spiro atoms. The summed E-state index contributed by atoms with van der Waals surface area (Å²) in [5, 5.41) is 4.76. The largest absolute Gasteiger partial charge is 0.368 e. The van der Waals surface area contributed by atoms with Crippen molar-refractivity contribution in [2.24, 2.45) is 0 Å². The fourth-order valence-corrected chi connectivity index (χ4v) is 4.53. The van der Waals surface area contributed by atoms with Crippen LogP contribution in [0.3, 0.4) is 0 Å². The number of nitrogens with one attached hydrogen (secondary N) is 1. The lowest BCUT2D eigenvalue weighted by Crippen LogP contribution is -2.62. The molecule has 2 heterocycles. The zero-order valence-electron chi connectivity index (χ0n) is 15.7. The van der Waals surface area contributed by atoms with E-state index < -0.39 is 0 Å². The van der Waals surface area contributed by atoms with Gasteiger partial charge in [-0.3, -0.25) is 4.79 Å². The van der Waals surface area contributed by atoms with Crippen molar-refractivity contribution >= 4 is 40.5 Å². The van der Waals surface area contributed by atoms with Gasteiger partial charge in [0.05, 0.1) is 6.54 Å². The first-order valence-electron chi connectivity index (χ1n) is 9.12. The molecule has 0 saturated carbocycles. The van der Waals surface area contributed by atoms with Crippen molar-refractivity contribution in [3.63, 3.8) is 0 Å². The second kappa shape index (κ2) is 7.61. The number of anilines is 1. The van der Waals surface area contributed by atoms with Gasteiger partial charge < -0.3 is 20.0 Å². The fourth-order valence-electron chi connectivity index (χ4n) is 3.82. The van der Waals surface area contributed by atoms with Crippen molar-refractivity contribution in [3.05, 3.63) is 29.3 Å². The summed E-state index contributed by atoms with van der Waals surface area (Å²) < 4.78 is 0. The Kier molecular flexibility index (Phi) is 5.63. The Hall–Kier alpha value is -1.53. The van der Waals surface area contributed by atoms with Crippen LogP contribution in [0.5, 0.6) is 0 Å². The summed E-state index contributed by atoms with van der Waals surface area (Å²) in [5.41, 5.74) is 1.10.